The van der Waals surface area contributed by atoms with Crippen molar-refractivity contribution in [2.24, 2.45) is 0 Å². The molecule has 18 heavy (non-hydrogen) atoms. The van der Waals surface area contributed by atoms with Gasteiger partial charge in [-0.2, -0.15) is 0 Å². The van der Waals surface area contributed by atoms with Crippen LogP contribution < -0.4 is 4.74 Å². The first-order valence-electron chi connectivity index (χ1n) is 5.95. The molecule has 0 aromatic heterocycles. The van der Waals surface area contributed by atoms with E-state index in [1.54, 1.807) is 6.07 Å². The van der Waals surface area contributed by atoms with E-state index in [2.05, 4.69) is 4.74 Å². The number of benzene rings is 1. The molecule has 0 amide bonds. The quantitative estimate of drug-likeness (QED) is 0.703. The predicted molar refractivity (Wildman–Crippen MR) is 64.0 cm³/mol. The van der Waals surface area contributed by atoms with Crippen LogP contribution in [-0.4, -0.2) is 11.7 Å². The molecule has 0 heterocycles. The van der Waals surface area contributed by atoms with E-state index in [1.807, 2.05) is 6.07 Å². The minimum atomic E-state index is -4.65. The third-order valence-electron chi connectivity index (χ3n) is 3.20. The SMILES string of the molecule is FC(F)(F)Oc1cccc(C2CCCCC2Cl)c1. The van der Waals surface area contributed by atoms with E-state index in [1.165, 1.54) is 12.1 Å². The van der Waals surface area contributed by atoms with E-state index in [0.29, 0.717) is 0 Å². The molecule has 1 nitrogen and oxygen atoms in total. The van der Waals surface area contributed by atoms with Crippen LogP contribution >= 0.6 is 11.6 Å². The highest BCUT2D eigenvalue weighted by atomic mass is 35.5. The van der Waals surface area contributed by atoms with E-state index < -0.39 is 6.36 Å². The lowest BCUT2D eigenvalue weighted by atomic mass is 9.83. The zero-order valence-corrected chi connectivity index (χ0v) is 10.5. The fraction of sp³-hybridized carbons (Fsp3) is 0.538. The van der Waals surface area contributed by atoms with Crippen LogP contribution in [0.4, 0.5) is 13.2 Å². The van der Waals surface area contributed by atoms with Crippen LogP contribution in [-0.2, 0) is 0 Å². The van der Waals surface area contributed by atoms with Crippen LogP contribution in [0.25, 0.3) is 0 Å². The van der Waals surface area contributed by atoms with Crippen LogP contribution in [0.1, 0.15) is 37.2 Å². The monoisotopic (exact) mass is 278 g/mol. The maximum Gasteiger partial charge on any atom is 0.573 e. The first-order valence-corrected chi connectivity index (χ1v) is 6.39. The summed E-state index contributed by atoms with van der Waals surface area (Å²) in [5, 5.41) is -0.000105. The van der Waals surface area contributed by atoms with Crippen molar-refractivity contribution in [1.82, 2.24) is 0 Å². The molecule has 100 valence electrons. The van der Waals surface area contributed by atoms with Crippen molar-refractivity contribution in [2.45, 2.75) is 43.3 Å². The summed E-state index contributed by atoms with van der Waals surface area (Å²) in [7, 11) is 0. The number of alkyl halides is 4. The van der Waals surface area contributed by atoms with Crippen LogP contribution in [0.2, 0.25) is 0 Å². The Morgan fingerprint density at radius 3 is 2.56 bits per heavy atom. The van der Waals surface area contributed by atoms with Crippen LogP contribution in [0.3, 0.4) is 0 Å². The Hall–Kier alpha value is -0.900. The molecule has 1 saturated carbocycles. The second-order valence-corrected chi connectivity index (χ2v) is 5.09. The molecule has 1 aliphatic carbocycles. The number of rotatable bonds is 2. The number of hydrogen-bond acceptors (Lipinski definition) is 1. The lowest BCUT2D eigenvalue weighted by Gasteiger charge is -2.27. The molecule has 2 rings (SSSR count). The highest BCUT2D eigenvalue weighted by Gasteiger charge is 2.31. The van der Waals surface area contributed by atoms with Gasteiger partial charge in [-0.3, -0.25) is 0 Å². The maximum absolute atomic E-state index is 12.1. The zero-order valence-electron chi connectivity index (χ0n) is 9.71. The van der Waals surface area contributed by atoms with Gasteiger partial charge in [0.05, 0.1) is 0 Å². The molecule has 0 radical (unpaired) electrons. The lowest BCUT2D eigenvalue weighted by molar-refractivity contribution is -0.274. The van der Waals surface area contributed by atoms with Gasteiger partial charge in [-0.05, 0) is 30.5 Å². The number of ether oxygens (including phenoxy) is 1. The molecule has 0 N–H and O–H groups in total. The second kappa shape index (κ2) is 5.39. The van der Waals surface area contributed by atoms with Crippen LogP contribution in [0.15, 0.2) is 24.3 Å². The summed E-state index contributed by atoms with van der Waals surface area (Å²) in [5.41, 5.74) is 0.830. The van der Waals surface area contributed by atoms with Gasteiger partial charge in [0.2, 0.25) is 0 Å². The minimum Gasteiger partial charge on any atom is -0.406 e. The molecule has 1 aromatic rings. The molecular weight excluding hydrogens is 265 g/mol. The summed E-state index contributed by atoms with van der Waals surface area (Å²) in [6, 6.07) is 6.14. The number of halogens is 4. The largest absolute Gasteiger partial charge is 0.573 e. The van der Waals surface area contributed by atoms with Gasteiger partial charge in [0, 0.05) is 11.3 Å². The smallest absolute Gasteiger partial charge is 0.406 e. The lowest BCUT2D eigenvalue weighted by Crippen LogP contribution is -2.19. The first-order chi connectivity index (χ1) is 8.46. The van der Waals surface area contributed by atoms with Crippen molar-refractivity contribution in [2.75, 3.05) is 0 Å². The summed E-state index contributed by atoms with van der Waals surface area (Å²) in [6.07, 6.45) is -0.659. The van der Waals surface area contributed by atoms with Crippen molar-refractivity contribution < 1.29 is 17.9 Å². The van der Waals surface area contributed by atoms with Gasteiger partial charge in [-0.25, -0.2) is 0 Å². The average Bonchev–Trinajstić information content (AvgIpc) is 2.27. The predicted octanol–water partition coefficient (Wildman–Crippen LogP) is 4.85. The summed E-state index contributed by atoms with van der Waals surface area (Å²) in [6.45, 7) is 0. The molecule has 1 fully saturated rings. The van der Waals surface area contributed by atoms with Gasteiger partial charge in [-0.15, -0.1) is 24.8 Å². The molecule has 0 saturated heterocycles. The van der Waals surface area contributed by atoms with Gasteiger partial charge < -0.3 is 4.74 Å². The maximum atomic E-state index is 12.1. The van der Waals surface area contributed by atoms with Gasteiger partial charge in [-0.1, -0.05) is 25.0 Å². The highest BCUT2D eigenvalue weighted by Crippen LogP contribution is 2.37. The van der Waals surface area contributed by atoms with E-state index in [9.17, 15) is 13.2 Å². The van der Waals surface area contributed by atoms with Crippen molar-refractivity contribution in [3.05, 3.63) is 29.8 Å². The standard InChI is InChI=1S/C13H14ClF3O/c14-12-7-2-1-6-11(12)9-4-3-5-10(8-9)18-13(15,16)17/h3-5,8,11-12H,1-2,6-7H2. The normalized spacial score (nSPS) is 24.9. The molecule has 1 aliphatic rings. The Balaban J connectivity index is 2.16. The molecular formula is C13H14ClF3O. The average molecular weight is 279 g/mol. The van der Waals surface area contributed by atoms with Gasteiger partial charge >= 0.3 is 6.36 Å². The molecule has 5 heteroatoms. The van der Waals surface area contributed by atoms with Gasteiger partial charge in [0.25, 0.3) is 0 Å². The summed E-state index contributed by atoms with van der Waals surface area (Å²) in [5.74, 6) is -0.0494. The Bertz CT molecular complexity index is 405. The Kier molecular flexibility index (Phi) is 4.05. The van der Waals surface area contributed by atoms with Crippen molar-refractivity contribution >= 4 is 11.6 Å². The fourth-order valence-electron chi connectivity index (χ4n) is 2.40. The minimum absolute atomic E-state index is 0.000105. The van der Waals surface area contributed by atoms with Crippen molar-refractivity contribution in [3.8, 4) is 5.75 Å². The summed E-state index contributed by atoms with van der Waals surface area (Å²) >= 11 is 6.24. The van der Waals surface area contributed by atoms with E-state index >= 15 is 0 Å². The molecule has 0 bridgehead atoms. The molecule has 0 spiro atoms. The van der Waals surface area contributed by atoms with E-state index in [4.69, 9.17) is 11.6 Å². The van der Waals surface area contributed by atoms with Crippen molar-refractivity contribution in [1.29, 1.82) is 0 Å². The molecule has 2 unspecified atom stereocenters. The summed E-state index contributed by atoms with van der Waals surface area (Å²) in [4.78, 5) is 0. The van der Waals surface area contributed by atoms with E-state index in [-0.39, 0.29) is 17.0 Å². The molecule has 1 aromatic carbocycles. The van der Waals surface area contributed by atoms with Gasteiger partial charge in [0.15, 0.2) is 0 Å². The topological polar surface area (TPSA) is 9.23 Å². The van der Waals surface area contributed by atoms with E-state index in [0.717, 1.165) is 31.2 Å². The van der Waals surface area contributed by atoms with Crippen LogP contribution in [0.5, 0.6) is 5.75 Å². The number of hydrogen-bond donors (Lipinski definition) is 0. The molecule has 2 atom stereocenters. The Morgan fingerprint density at radius 1 is 1.17 bits per heavy atom. The third-order valence-corrected chi connectivity index (χ3v) is 3.72. The van der Waals surface area contributed by atoms with Crippen molar-refractivity contribution in [3.63, 3.8) is 0 Å². The zero-order chi connectivity index (χ0) is 13.2. The highest BCUT2D eigenvalue weighted by molar-refractivity contribution is 6.21. The van der Waals surface area contributed by atoms with Gasteiger partial charge in [0.1, 0.15) is 5.75 Å². The fourth-order valence-corrected chi connectivity index (χ4v) is 2.83. The van der Waals surface area contributed by atoms with Crippen LogP contribution in [0, 0.1) is 0 Å². The first kappa shape index (κ1) is 13.5. The Labute approximate surface area is 109 Å². The third kappa shape index (κ3) is 3.55. The molecule has 0 aliphatic heterocycles. The second-order valence-electron chi connectivity index (χ2n) is 4.53. The Morgan fingerprint density at radius 2 is 1.89 bits per heavy atom. The summed E-state index contributed by atoms with van der Waals surface area (Å²) < 4.78 is 40.4.